The molecular formula is C14H29NO5. The molecule has 0 aromatic rings. The van der Waals surface area contributed by atoms with Gasteiger partial charge in [0.2, 0.25) is 0 Å². The highest BCUT2D eigenvalue weighted by atomic mass is 16.6. The summed E-state index contributed by atoms with van der Waals surface area (Å²) >= 11 is 0. The van der Waals surface area contributed by atoms with Crippen LogP contribution in [0, 0.1) is 0 Å². The van der Waals surface area contributed by atoms with Crippen LogP contribution in [0.25, 0.3) is 0 Å². The van der Waals surface area contributed by atoms with E-state index in [0.717, 1.165) is 19.3 Å². The van der Waals surface area contributed by atoms with Crippen molar-refractivity contribution in [2.75, 3.05) is 13.2 Å². The lowest BCUT2D eigenvalue weighted by Gasteiger charge is -2.21. The third kappa shape index (κ3) is 5.63. The van der Waals surface area contributed by atoms with Gasteiger partial charge in [0.25, 0.3) is 0 Å². The third-order valence-corrected chi connectivity index (χ3v) is 3.73. The van der Waals surface area contributed by atoms with Gasteiger partial charge in [-0.2, -0.15) is 0 Å². The van der Waals surface area contributed by atoms with Crippen molar-refractivity contribution in [3.8, 4) is 0 Å². The molecule has 0 saturated carbocycles. The summed E-state index contributed by atoms with van der Waals surface area (Å²) < 4.78 is 5.39. The first kappa shape index (κ1) is 17.8. The van der Waals surface area contributed by atoms with Crippen LogP contribution in [0.3, 0.4) is 0 Å². The summed E-state index contributed by atoms with van der Waals surface area (Å²) in [5, 5.41) is 41.3. The predicted molar refractivity (Wildman–Crippen MR) is 75.4 cm³/mol. The van der Waals surface area contributed by atoms with Crippen LogP contribution >= 0.6 is 0 Å². The number of aliphatic hydroxyl groups excluding tert-OH is 3. The van der Waals surface area contributed by atoms with Gasteiger partial charge in [0.05, 0.1) is 18.3 Å². The number of hydrogen-bond acceptors (Lipinski definition) is 6. The summed E-state index contributed by atoms with van der Waals surface area (Å²) in [6.45, 7) is 5.76. The van der Waals surface area contributed by atoms with Gasteiger partial charge in [-0.25, -0.2) is 0 Å². The van der Waals surface area contributed by atoms with E-state index in [4.69, 9.17) is 9.84 Å². The van der Waals surface area contributed by atoms with E-state index < -0.39 is 30.0 Å². The zero-order valence-electron chi connectivity index (χ0n) is 12.6. The average Bonchev–Trinajstić information content (AvgIpc) is 2.62. The molecule has 0 radical (unpaired) electrons. The summed E-state index contributed by atoms with van der Waals surface area (Å²) in [6, 6.07) is 0.235. The molecule has 1 heterocycles. The normalized spacial score (nSPS) is 32.5. The molecule has 0 aliphatic carbocycles. The van der Waals surface area contributed by atoms with Crippen LogP contribution in [0.1, 0.15) is 40.0 Å². The van der Waals surface area contributed by atoms with Crippen molar-refractivity contribution in [3.63, 3.8) is 0 Å². The molecule has 1 fully saturated rings. The average molecular weight is 291 g/mol. The highest BCUT2D eigenvalue weighted by Crippen LogP contribution is 2.21. The van der Waals surface area contributed by atoms with Gasteiger partial charge in [-0.15, -0.1) is 0 Å². The molecule has 6 nitrogen and oxygen atoms in total. The maximum atomic E-state index is 9.80. The lowest BCUT2D eigenvalue weighted by Crippen LogP contribution is -2.40. The highest BCUT2D eigenvalue weighted by Gasteiger charge is 2.41. The topological polar surface area (TPSA) is 102 Å². The first-order valence-corrected chi connectivity index (χ1v) is 7.33. The maximum absolute atomic E-state index is 9.80. The molecule has 1 saturated heterocycles. The Morgan fingerprint density at radius 1 is 1.20 bits per heavy atom. The van der Waals surface area contributed by atoms with E-state index in [1.165, 1.54) is 0 Å². The molecule has 5 atom stereocenters. The second-order valence-corrected chi connectivity index (χ2v) is 6.39. The first-order valence-electron chi connectivity index (χ1n) is 7.33. The molecule has 0 bridgehead atoms. The van der Waals surface area contributed by atoms with Gasteiger partial charge in [-0.3, -0.25) is 0 Å². The SMILES string of the molecule is CC(CCCC(C)(C)O)NC[C@H]1O[C@H](CO)[C@@H](O)[C@@H]1O. The Kier molecular flexibility index (Phi) is 6.84. The van der Waals surface area contributed by atoms with Crippen LogP contribution in [-0.2, 0) is 4.74 Å². The fourth-order valence-electron chi connectivity index (χ4n) is 2.41. The Labute approximate surface area is 120 Å². The third-order valence-electron chi connectivity index (χ3n) is 3.73. The zero-order valence-corrected chi connectivity index (χ0v) is 12.6. The molecule has 1 rings (SSSR count). The van der Waals surface area contributed by atoms with Crippen molar-refractivity contribution in [2.45, 2.75) is 76.1 Å². The van der Waals surface area contributed by atoms with Crippen LogP contribution in [-0.4, -0.2) is 69.6 Å². The molecule has 5 N–H and O–H groups in total. The minimum Gasteiger partial charge on any atom is -0.394 e. The fourth-order valence-corrected chi connectivity index (χ4v) is 2.41. The molecule has 6 heteroatoms. The maximum Gasteiger partial charge on any atom is 0.111 e. The van der Waals surface area contributed by atoms with Crippen molar-refractivity contribution in [1.82, 2.24) is 5.32 Å². The first-order chi connectivity index (χ1) is 9.24. The van der Waals surface area contributed by atoms with Crippen LogP contribution in [0.4, 0.5) is 0 Å². The number of aliphatic hydroxyl groups is 4. The van der Waals surface area contributed by atoms with Gasteiger partial charge in [-0.1, -0.05) is 0 Å². The second-order valence-electron chi connectivity index (χ2n) is 6.39. The van der Waals surface area contributed by atoms with Crippen LogP contribution in [0.15, 0.2) is 0 Å². The molecule has 20 heavy (non-hydrogen) atoms. The van der Waals surface area contributed by atoms with E-state index in [9.17, 15) is 15.3 Å². The molecule has 0 spiro atoms. The smallest absolute Gasteiger partial charge is 0.111 e. The molecule has 0 aromatic carbocycles. The summed E-state index contributed by atoms with van der Waals surface area (Å²) in [7, 11) is 0. The van der Waals surface area contributed by atoms with E-state index >= 15 is 0 Å². The lowest BCUT2D eigenvalue weighted by atomic mass is 9.99. The van der Waals surface area contributed by atoms with Crippen LogP contribution in [0.5, 0.6) is 0 Å². The Bertz CT molecular complexity index is 281. The highest BCUT2D eigenvalue weighted by molar-refractivity contribution is 4.91. The summed E-state index contributed by atoms with van der Waals surface area (Å²) in [4.78, 5) is 0. The van der Waals surface area contributed by atoms with Gasteiger partial charge in [0.15, 0.2) is 0 Å². The van der Waals surface area contributed by atoms with Crippen molar-refractivity contribution >= 4 is 0 Å². The molecule has 0 amide bonds. The van der Waals surface area contributed by atoms with Crippen molar-refractivity contribution in [1.29, 1.82) is 0 Å². The molecule has 1 aliphatic heterocycles. The summed E-state index contributed by atoms with van der Waals surface area (Å²) in [6.07, 6.45) is -0.638. The molecular weight excluding hydrogens is 262 g/mol. The minimum absolute atomic E-state index is 0.235. The van der Waals surface area contributed by atoms with Crippen molar-refractivity contribution in [3.05, 3.63) is 0 Å². The lowest BCUT2D eigenvalue weighted by molar-refractivity contribution is -0.0218. The molecule has 120 valence electrons. The van der Waals surface area contributed by atoms with E-state index in [-0.39, 0.29) is 12.6 Å². The number of ether oxygens (including phenoxy) is 1. The van der Waals surface area contributed by atoms with Gasteiger partial charge in [0.1, 0.15) is 18.3 Å². The quantitative estimate of drug-likeness (QED) is 0.409. The van der Waals surface area contributed by atoms with Crippen LogP contribution in [0.2, 0.25) is 0 Å². The Balaban J connectivity index is 2.23. The van der Waals surface area contributed by atoms with Gasteiger partial charge in [-0.05, 0) is 40.0 Å². The van der Waals surface area contributed by atoms with Gasteiger partial charge in [0, 0.05) is 12.6 Å². The second kappa shape index (κ2) is 7.68. The largest absolute Gasteiger partial charge is 0.394 e. The standard InChI is InChI=1S/C14H29NO5/c1-9(5-4-6-14(2,3)19)15-7-10-12(17)13(18)11(8-16)20-10/h9-13,15-19H,4-8H2,1-3H3/t9?,10-,11-,12-,13-/m1/s1. The van der Waals surface area contributed by atoms with E-state index in [1.54, 1.807) is 13.8 Å². The summed E-state index contributed by atoms with van der Waals surface area (Å²) in [5.74, 6) is 0. The minimum atomic E-state index is -1.03. The molecule has 0 aromatic heterocycles. The van der Waals surface area contributed by atoms with Gasteiger partial charge >= 0.3 is 0 Å². The van der Waals surface area contributed by atoms with Crippen LogP contribution < -0.4 is 5.32 Å². The monoisotopic (exact) mass is 291 g/mol. The van der Waals surface area contributed by atoms with E-state index in [1.807, 2.05) is 6.92 Å². The Morgan fingerprint density at radius 3 is 2.30 bits per heavy atom. The number of rotatable bonds is 8. The molecule has 1 unspecified atom stereocenters. The summed E-state index contributed by atoms with van der Waals surface area (Å²) in [5.41, 5.74) is -0.636. The van der Waals surface area contributed by atoms with Gasteiger partial charge < -0.3 is 30.5 Å². The number of hydrogen-bond donors (Lipinski definition) is 5. The van der Waals surface area contributed by atoms with Crippen molar-refractivity contribution < 1.29 is 25.2 Å². The predicted octanol–water partition coefficient (Wildman–Crippen LogP) is -0.613. The Hall–Kier alpha value is -0.240. The molecule has 1 aliphatic rings. The van der Waals surface area contributed by atoms with E-state index in [2.05, 4.69) is 5.32 Å². The zero-order chi connectivity index (χ0) is 15.3. The van der Waals surface area contributed by atoms with Crippen molar-refractivity contribution in [2.24, 2.45) is 0 Å². The number of nitrogens with one attached hydrogen (secondary N) is 1. The Morgan fingerprint density at radius 2 is 1.80 bits per heavy atom. The van der Waals surface area contributed by atoms with E-state index in [0.29, 0.717) is 6.54 Å². The fraction of sp³-hybridized carbons (Fsp3) is 1.00.